The fraction of sp³-hybridized carbons (Fsp3) is 0.538. The highest BCUT2D eigenvalue weighted by Gasteiger charge is 2.12. The molecule has 15 heavy (non-hydrogen) atoms. The molecule has 2 heteroatoms. The van der Waals surface area contributed by atoms with Crippen LogP contribution in [-0.4, -0.2) is 13.9 Å². The highest BCUT2D eigenvalue weighted by atomic mass is 16.7. The van der Waals surface area contributed by atoms with Crippen molar-refractivity contribution in [3.8, 4) is 5.75 Å². The Labute approximate surface area is 92.2 Å². The molecule has 0 unspecified atom stereocenters. The van der Waals surface area contributed by atoms with Gasteiger partial charge in [0.1, 0.15) is 5.75 Å². The lowest BCUT2D eigenvalue weighted by atomic mass is 9.94. The van der Waals surface area contributed by atoms with Crippen LogP contribution in [0.15, 0.2) is 0 Å². The van der Waals surface area contributed by atoms with Crippen molar-refractivity contribution in [3.63, 3.8) is 0 Å². The van der Waals surface area contributed by atoms with Gasteiger partial charge >= 0.3 is 0 Å². The molecule has 1 aromatic rings. The Morgan fingerprint density at radius 1 is 0.733 bits per heavy atom. The number of hydrogen-bond acceptors (Lipinski definition) is 2. The second-order valence-corrected chi connectivity index (χ2v) is 4.00. The zero-order valence-electron chi connectivity index (χ0n) is 10.5. The third-order valence-corrected chi connectivity index (χ3v) is 3.25. The zero-order chi connectivity index (χ0) is 11.6. The van der Waals surface area contributed by atoms with Gasteiger partial charge < -0.3 is 9.47 Å². The summed E-state index contributed by atoms with van der Waals surface area (Å²) in [5, 5.41) is 0. The maximum absolute atomic E-state index is 5.61. The van der Waals surface area contributed by atoms with Gasteiger partial charge in [-0.1, -0.05) is 0 Å². The predicted molar refractivity (Wildman–Crippen MR) is 62.6 cm³/mol. The second kappa shape index (κ2) is 4.67. The molecule has 0 aromatic heterocycles. The summed E-state index contributed by atoms with van der Waals surface area (Å²) in [6, 6.07) is 0. The minimum Gasteiger partial charge on any atom is -0.467 e. The molecule has 0 N–H and O–H groups in total. The Bertz CT molecular complexity index is 338. The van der Waals surface area contributed by atoms with E-state index in [0.29, 0.717) is 6.79 Å². The van der Waals surface area contributed by atoms with E-state index in [-0.39, 0.29) is 0 Å². The van der Waals surface area contributed by atoms with Crippen molar-refractivity contribution in [3.05, 3.63) is 27.8 Å². The normalized spacial score (nSPS) is 10.5. The first-order valence-corrected chi connectivity index (χ1v) is 5.19. The smallest absolute Gasteiger partial charge is 0.188 e. The van der Waals surface area contributed by atoms with Gasteiger partial charge in [0, 0.05) is 7.11 Å². The molecule has 0 saturated heterocycles. The molecule has 2 nitrogen and oxygen atoms in total. The van der Waals surface area contributed by atoms with E-state index in [9.17, 15) is 0 Å². The average Bonchev–Trinajstić information content (AvgIpc) is 2.24. The Morgan fingerprint density at radius 2 is 1.13 bits per heavy atom. The molecule has 0 bridgehead atoms. The molecule has 0 spiro atoms. The minimum absolute atomic E-state index is 0.309. The predicted octanol–water partition coefficient (Wildman–Crippen LogP) is 3.21. The molecule has 1 aromatic carbocycles. The standard InChI is InChI=1S/C13H20O2/c1-8-9(2)11(4)13(15-7-14-6)12(5)10(8)3/h7H2,1-6H3. The molecular weight excluding hydrogens is 188 g/mol. The molecule has 0 aliphatic heterocycles. The molecule has 0 aliphatic carbocycles. The van der Waals surface area contributed by atoms with Crippen molar-refractivity contribution in [2.24, 2.45) is 0 Å². The van der Waals surface area contributed by atoms with Crippen LogP contribution in [0.1, 0.15) is 27.8 Å². The minimum atomic E-state index is 0.309. The van der Waals surface area contributed by atoms with Gasteiger partial charge in [0.15, 0.2) is 6.79 Å². The summed E-state index contributed by atoms with van der Waals surface area (Å²) in [7, 11) is 1.64. The van der Waals surface area contributed by atoms with Crippen LogP contribution in [-0.2, 0) is 4.74 Å². The summed E-state index contributed by atoms with van der Waals surface area (Å²) in [6.45, 7) is 10.9. The van der Waals surface area contributed by atoms with E-state index in [2.05, 4.69) is 34.6 Å². The fourth-order valence-corrected chi connectivity index (χ4v) is 1.80. The third kappa shape index (κ3) is 2.15. The van der Waals surface area contributed by atoms with Crippen LogP contribution >= 0.6 is 0 Å². The molecule has 0 fully saturated rings. The highest BCUT2D eigenvalue weighted by Crippen LogP contribution is 2.31. The zero-order valence-corrected chi connectivity index (χ0v) is 10.5. The lowest BCUT2D eigenvalue weighted by Gasteiger charge is -2.18. The Hall–Kier alpha value is -1.02. The van der Waals surface area contributed by atoms with Crippen molar-refractivity contribution in [2.75, 3.05) is 13.9 Å². The third-order valence-electron chi connectivity index (χ3n) is 3.25. The lowest BCUT2D eigenvalue weighted by Crippen LogP contribution is -2.05. The van der Waals surface area contributed by atoms with Crippen molar-refractivity contribution in [1.82, 2.24) is 0 Å². The van der Waals surface area contributed by atoms with Crippen molar-refractivity contribution < 1.29 is 9.47 Å². The van der Waals surface area contributed by atoms with Gasteiger partial charge in [-0.3, -0.25) is 0 Å². The largest absolute Gasteiger partial charge is 0.467 e. The van der Waals surface area contributed by atoms with Gasteiger partial charge in [0.25, 0.3) is 0 Å². The van der Waals surface area contributed by atoms with E-state index in [4.69, 9.17) is 9.47 Å². The van der Waals surface area contributed by atoms with Crippen LogP contribution in [0, 0.1) is 34.6 Å². The van der Waals surface area contributed by atoms with E-state index >= 15 is 0 Å². The van der Waals surface area contributed by atoms with Crippen LogP contribution in [0.3, 0.4) is 0 Å². The van der Waals surface area contributed by atoms with Crippen LogP contribution < -0.4 is 4.74 Å². The Morgan fingerprint density at radius 3 is 1.53 bits per heavy atom. The quantitative estimate of drug-likeness (QED) is 0.710. The van der Waals surface area contributed by atoms with Crippen LogP contribution in [0.2, 0.25) is 0 Å². The number of hydrogen-bond donors (Lipinski definition) is 0. The molecule has 84 valence electrons. The van der Waals surface area contributed by atoms with E-state index in [0.717, 1.165) is 5.75 Å². The fourth-order valence-electron chi connectivity index (χ4n) is 1.80. The van der Waals surface area contributed by atoms with Crippen molar-refractivity contribution in [1.29, 1.82) is 0 Å². The molecule has 0 radical (unpaired) electrons. The lowest BCUT2D eigenvalue weighted by molar-refractivity contribution is 0.0500. The van der Waals surface area contributed by atoms with E-state index in [1.54, 1.807) is 7.11 Å². The molecule has 0 amide bonds. The number of ether oxygens (including phenoxy) is 2. The summed E-state index contributed by atoms with van der Waals surface area (Å²) in [6.07, 6.45) is 0. The first kappa shape index (κ1) is 12.1. The van der Waals surface area contributed by atoms with E-state index in [1.165, 1.54) is 27.8 Å². The van der Waals surface area contributed by atoms with E-state index in [1.807, 2.05) is 0 Å². The molecule has 0 aliphatic rings. The monoisotopic (exact) mass is 208 g/mol. The molecule has 0 atom stereocenters. The molecule has 0 heterocycles. The number of benzene rings is 1. The maximum Gasteiger partial charge on any atom is 0.188 e. The van der Waals surface area contributed by atoms with Gasteiger partial charge in [-0.25, -0.2) is 0 Å². The average molecular weight is 208 g/mol. The summed E-state index contributed by atoms with van der Waals surface area (Å²) in [5.74, 6) is 0.970. The Kier molecular flexibility index (Phi) is 3.75. The first-order chi connectivity index (χ1) is 7.00. The Balaban J connectivity index is 3.26. The van der Waals surface area contributed by atoms with Crippen LogP contribution in [0.5, 0.6) is 5.75 Å². The number of rotatable bonds is 3. The topological polar surface area (TPSA) is 18.5 Å². The maximum atomic E-state index is 5.61. The van der Waals surface area contributed by atoms with Crippen molar-refractivity contribution in [2.45, 2.75) is 34.6 Å². The summed E-state index contributed by atoms with van der Waals surface area (Å²) < 4.78 is 10.6. The molecule has 0 saturated carbocycles. The summed E-state index contributed by atoms with van der Waals surface area (Å²) >= 11 is 0. The summed E-state index contributed by atoms with van der Waals surface area (Å²) in [4.78, 5) is 0. The van der Waals surface area contributed by atoms with Crippen molar-refractivity contribution >= 4 is 0 Å². The SMILES string of the molecule is COCOc1c(C)c(C)c(C)c(C)c1C. The molecular formula is C13H20O2. The number of methoxy groups -OCH3 is 1. The van der Waals surface area contributed by atoms with E-state index < -0.39 is 0 Å². The van der Waals surface area contributed by atoms with Crippen LogP contribution in [0.25, 0.3) is 0 Å². The highest BCUT2D eigenvalue weighted by molar-refractivity contribution is 5.53. The summed E-state index contributed by atoms with van der Waals surface area (Å²) in [5.41, 5.74) is 6.41. The van der Waals surface area contributed by atoms with Gasteiger partial charge in [-0.2, -0.15) is 0 Å². The van der Waals surface area contributed by atoms with Crippen LogP contribution in [0.4, 0.5) is 0 Å². The van der Waals surface area contributed by atoms with Gasteiger partial charge in [-0.05, 0) is 62.4 Å². The second-order valence-electron chi connectivity index (χ2n) is 4.00. The molecule has 1 rings (SSSR count). The van der Waals surface area contributed by atoms with Gasteiger partial charge in [0.05, 0.1) is 0 Å². The van der Waals surface area contributed by atoms with Gasteiger partial charge in [0.2, 0.25) is 0 Å². The van der Waals surface area contributed by atoms with Gasteiger partial charge in [-0.15, -0.1) is 0 Å². The first-order valence-electron chi connectivity index (χ1n) is 5.19.